The Hall–Kier alpha value is -0.980. The first kappa shape index (κ1) is 14.4. The molecule has 1 unspecified atom stereocenters. The molecule has 0 aromatic heterocycles. The maximum atomic E-state index is 12.7. The van der Waals surface area contributed by atoms with Crippen LogP contribution in [0.1, 0.15) is 30.9 Å². The lowest BCUT2D eigenvalue weighted by Crippen LogP contribution is -2.30. The first-order chi connectivity index (χ1) is 8.96. The van der Waals surface area contributed by atoms with Gasteiger partial charge in [-0.3, -0.25) is 0 Å². The van der Waals surface area contributed by atoms with Gasteiger partial charge in [-0.2, -0.15) is 0 Å². The molecule has 106 valence electrons. The molecule has 1 aliphatic rings. The van der Waals surface area contributed by atoms with Gasteiger partial charge in [-0.1, -0.05) is 25.0 Å². The second kappa shape index (κ2) is 5.98. The maximum Gasteiger partial charge on any atom is 0.211 e. The molecule has 0 aliphatic heterocycles. The standard InChI is InChI=1S/C13H18FNO3S/c14-12-5-3-11(4-6-12)13(16)9-15-19(17,18)8-7-10-1-2-10/h3-6,10,13,15-16H,1-2,7-9H2. The van der Waals surface area contributed by atoms with Crippen molar-refractivity contribution < 1.29 is 17.9 Å². The highest BCUT2D eigenvalue weighted by Gasteiger charge is 2.24. The highest BCUT2D eigenvalue weighted by molar-refractivity contribution is 7.89. The topological polar surface area (TPSA) is 66.4 Å². The zero-order chi connectivity index (χ0) is 13.9. The van der Waals surface area contributed by atoms with E-state index in [9.17, 15) is 17.9 Å². The van der Waals surface area contributed by atoms with Crippen LogP contribution in [0.25, 0.3) is 0 Å². The van der Waals surface area contributed by atoms with Crippen molar-refractivity contribution in [2.45, 2.75) is 25.4 Å². The van der Waals surface area contributed by atoms with Gasteiger partial charge in [-0.25, -0.2) is 17.5 Å². The molecule has 2 N–H and O–H groups in total. The van der Waals surface area contributed by atoms with Crippen LogP contribution in [0.5, 0.6) is 0 Å². The van der Waals surface area contributed by atoms with Crippen molar-refractivity contribution in [3.63, 3.8) is 0 Å². The van der Waals surface area contributed by atoms with Gasteiger partial charge in [0.1, 0.15) is 5.82 Å². The van der Waals surface area contributed by atoms with Crippen molar-refractivity contribution in [2.24, 2.45) is 5.92 Å². The molecule has 0 amide bonds. The van der Waals surface area contributed by atoms with E-state index in [1.54, 1.807) is 0 Å². The lowest BCUT2D eigenvalue weighted by Gasteiger charge is -2.12. The first-order valence-electron chi connectivity index (χ1n) is 6.37. The second-order valence-electron chi connectivity index (χ2n) is 4.97. The van der Waals surface area contributed by atoms with Gasteiger partial charge in [0.05, 0.1) is 11.9 Å². The van der Waals surface area contributed by atoms with E-state index in [1.165, 1.54) is 24.3 Å². The molecule has 1 atom stereocenters. The van der Waals surface area contributed by atoms with Crippen molar-refractivity contribution >= 4 is 10.0 Å². The Morgan fingerprint density at radius 2 is 1.95 bits per heavy atom. The van der Waals surface area contributed by atoms with Gasteiger partial charge in [0.15, 0.2) is 0 Å². The second-order valence-corrected chi connectivity index (χ2v) is 6.89. The van der Waals surface area contributed by atoms with E-state index in [0.29, 0.717) is 17.9 Å². The molecule has 19 heavy (non-hydrogen) atoms. The number of sulfonamides is 1. The van der Waals surface area contributed by atoms with Crippen molar-refractivity contribution in [3.05, 3.63) is 35.6 Å². The minimum absolute atomic E-state index is 0.0847. The van der Waals surface area contributed by atoms with E-state index in [2.05, 4.69) is 4.72 Å². The highest BCUT2D eigenvalue weighted by atomic mass is 32.2. The molecule has 1 saturated carbocycles. The highest BCUT2D eigenvalue weighted by Crippen LogP contribution is 2.32. The van der Waals surface area contributed by atoms with Crippen LogP contribution < -0.4 is 4.72 Å². The number of aliphatic hydroxyl groups excluding tert-OH is 1. The third-order valence-electron chi connectivity index (χ3n) is 3.24. The molecular weight excluding hydrogens is 269 g/mol. The fraction of sp³-hybridized carbons (Fsp3) is 0.538. The van der Waals surface area contributed by atoms with Gasteiger partial charge in [0.25, 0.3) is 0 Å². The third-order valence-corrected chi connectivity index (χ3v) is 4.62. The molecule has 0 radical (unpaired) electrons. The minimum atomic E-state index is -3.33. The Morgan fingerprint density at radius 3 is 2.53 bits per heavy atom. The normalized spacial score (nSPS) is 17.4. The van der Waals surface area contributed by atoms with Crippen LogP contribution in [-0.2, 0) is 10.0 Å². The molecule has 1 aromatic rings. The summed E-state index contributed by atoms with van der Waals surface area (Å²) in [5, 5.41) is 9.82. The molecule has 1 fully saturated rings. The Balaban J connectivity index is 1.81. The summed E-state index contributed by atoms with van der Waals surface area (Å²) in [4.78, 5) is 0. The van der Waals surface area contributed by atoms with E-state index < -0.39 is 16.1 Å². The van der Waals surface area contributed by atoms with E-state index >= 15 is 0 Å². The number of aliphatic hydroxyl groups is 1. The molecule has 4 nitrogen and oxygen atoms in total. The summed E-state index contributed by atoms with van der Waals surface area (Å²) < 4.78 is 38.4. The maximum absolute atomic E-state index is 12.7. The Bertz CT molecular complexity index is 511. The van der Waals surface area contributed by atoms with Crippen LogP contribution in [0.3, 0.4) is 0 Å². The lowest BCUT2D eigenvalue weighted by atomic mass is 10.1. The number of nitrogens with one attached hydrogen (secondary N) is 1. The average molecular weight is 287 g/mol. The van der Waals surface area contributed by atoms with E-state index in [1.807, 2.05) is 0 Å². The predicted octanol–water partition coefficient (Wildman–Crippen LogP) is 1.58. The first-order valence-corrected chi connectivity index (χ1v) is 8.02. The fourth-order valence-corrected chi connectivity index (χ4v) is 3.01. The third kappa shape index (κ3) is 4.89. The zero-order valence-electron chi connectivity index (χ0n) is 10.5. The summed E-state index contributed by atoms with van der Waals surface area (Å²) in [6, 6.07) is 5.36. The number of hydrogen-bond acceptors (Lipinski definition) is 3. The molecule has 0 spiro atoms. The van der Waals surface area contributed by atoms with Gasteiger partial charge >= 0.3 is 0 Å². The van der Waals surface area contributed by atoms with Gasteiger partial charge < -0.3 is 5.11 Å². The number of halogens is 1. The van der Waals surface area contributed by atoms with E-state index in [0.717, 1.165) is 12.8 Å². The van der Waals surface area contributed by atoms with Gasteiger partial charge in [0.2, 0.25) is 10.0 Å². The molecule has 0 bridgehead atoms. The van der Waals surface area contributed by atoms with Crippen LogP contribution in [-0.4, -0.2) is 25.8 Å². The predicted molar refractivity (Wildman–Crippen MR) is 70.5 cm³/mol. The summed E-state index contributed by atoms with van der Waals surface area (Å²) in [5.41, 5.74) is 0.492. The van der Waals surface area contributed by atoms with Gasteiger partial charge in [-0.15, -0.1) is 0 Å². The quantitative estimate of drug-likeness (QED) is 0.800. The number of hydrogen-bond donors (Lipinski definition) is 2. The summed E-state index contributed by atoms with van der Waals surface area (Å²) in [6.45, 7) is -0.0847. The SMILES string of the molecule is O=S(=O)(CCC1CC1)NCC(O)c1ccc(F)cc1. The monoisotopic (exact) mass is 287 g/mol. The number of rotatable bonds is 7. The van der Waals surface area contributed by atoms with Crippen LogP contribution >= 0.6 is 0 Å². The smallest absolute Gasteiger partial charge is 0.211 e. The van der Waals surface area contributed by atoms with E-state index in [-0.39, 0.29) is 18.1 Å². The average Bonchev–Trinajstić information content (AvgIpc) is 3.19. The molecule has 1 aliphatic carbocycles. The van der Waals surface area contributed by atoms with Crippen molar-refractivity contribution in [3.8, 4) is 0 Å². The van der Waals surface area contributed by atoms with Gasteiger partial charge in [0, 0.05) is 6.54 Å². The van der Waals surface area contributed by atoms with E-state index in [4.69, 9.17) is 0 Å². The number of benzene rings is 1. The molecule has 2 rings (SSSR count). The Morgan fingerprint density at radius 1 is 1.32 bits per heavy atom. The van der Waals surface area contributed by atoms with Crippen LogP contribution in [0.2, 0.25) is 0 Å². The summed E-state index contributed by atoms with van der Waals surface area (Å²) in [6.07, 6.45) is 1.96. The zero-order valence-corrected chi connectivity index (χ0v) is 11.4. The molecule has 0 saturated heterocycles. The fourth-order valence-electron chi connectivity index (χ4n) is 1.81. The van der Waals surface area contributed by atoms with Crippen LogP contribution in [0, 0.1) is 11.7 Å². The summed E-state index contributed by atoms with van der Waals surface area (Å²) >= 11 is 0. The molecule has 1 aromatic carbocycles. The Kier molecular flexibility index (Phi) is 4.54. The Labute approximate surface area is 112 Å². The van der Waals surface area contributed by atoms with Crippen LogP contribution in [0.15, 0.2) is 24.3 Å². The molecule has 6 heteroatoms. The van der Waals surface area contributed by atoms with Crippen molar-refractivity contribution in [1.82, 2.24) is 4.72 Å². The van der Waals surface area contributed by atoms with Gasteiger partial charge in [-0.05, 0) is 30.0 Å². The summed E-state index contributed by atoms with van der Waals surface area (Å²) in [5.74, 6) is 0.271. The van der Waals surface area contributed by atoms with Crippen molar-refractivity contribution in [1.29, 1.82) is 0 Å². The van der Waals surface area contributed by atoms with Crippen molar-refractivity contribution in [2.75, 3.05) is 12.3 Å². The summed E-state index contributed by atoms with van der Waals surface area (Å²) in [7, 11) is -3.33. The lowest BCUT2D eigenvalue weighted by molar-refractivity contribution is 0.182. The molecular formula is C13H18FNO3S. The minimum Gasteiger partial charge on any atom is -0.387 e. The largest absolute Gasteiger partial charge is 0.387 e. The molecule has 0 heterocycles. The van der Waals surface area contributed by atoms with Crippen LogP contribution in [0.4, 0.5) is 4.39 Å².